The lowest BCUT2D eigenvalue weighted by Crippen LogP contribution is -2.12. The smallest absolute Gasteiger partial charge is 0.474 e. The number of fused-ring (bicyclic) bond motifs is 1. The van der Waals surface area contributed by atoms with Crippen molar-refractivity contribution in [1.29, 1.82) is 0 Å². The molecule has 5 rings (SSSR count). The standard InChI is InChI=1S/C27H23N3O5/c31-27(32)35-15-14-34-26-23(17-21-12-7-13-33-21)29-25-22(16-19-8-3-1-4-9-19)28-24(18-30(25)26)20-10-5-2-6-11-20/h1-13,18H,14-17H2,(H,31,32). The maximum atomic E-state index is 10.8. The molecule has 8 nitrogen and oxygen atoms in total. The molecule has 0 atom stereocenters. The van der Waals surface area contributed by atoms with Gasteiger partial charge in [0.05, 0.1) is 24.1 Å². The summed E-state index contributed by atoms with van der Waals surface area (Å²) in [4.78, 5) is 20.6. The average Bonchev–Trinajstić information content (AvgIpc) is 3.51. The lowest BCUT2D eigenvalue weighted by atomic mass is 10.1. The Bertz CT molecular complexity index is 1410. The molecule has 176 valence electrons. The van der Waals surface area contributed by atoms with E-state index in [-0.39, 0.29) is 13.2 Å². The zero-order chi connectivity index (χ0) is 24.0. The Morgan fingerprint density at radius 1 is 0.886 bits per heavy atom. The summed E-state index contributed by atoms with van der Waals surface area (Å²) in [6.45, 7) is -0.0570. The number of hydrogen-bond acceptors (Lipinski definition) is 6. The van der Waals surface area contributed by atoms with Gasteiger partial charge in [0.25, 0.3) is 0 Å². The molecule has 0 unspecified atom stereocenters. The fourth-order valence-electron chi connectivity index (χ4n) is 3.90. The fourth-order valence-corrected chi connectivity index (χ4v) is 3.90. The number of ether oxygens (including phenoxy) is 2. The molecule has 0 aliphatic heterocycles. The molecule has 0 aliphatic carbocycles. The number of carboxylic acid groups (broad SMARTS) is 1. The SMILES string of the molecule is O=C(O)OCCOc1c(Cc2ccco2)nc2c(Cc3ccccc3)nc(-c3ccccc3)cn12. The molecule has 3 aromatic heterocycles. The molecule has 0 amide bonds. The number of benzene rings is 2. The van der Waals surface area contributed by atoms with Crippen molar-refractivity contribution >= 4 is 11.8 Å². The minimum Gasteiger partial charge on any atom is -0.474 e. The molecule has 0 radical (unpaired) electrons. The summed E-state index contributed by atoms with van der Waals surface area (Å²) in [5.41, 5.74) is 4.98. The van der Waals surface area contributed by atoms with Crippen LogP contribution in [0.3, 0.4) is 0 Å². The molecule has 0 saturated carbocycles. The van der Waals surface area contributed by atoms with E-state index in [2.05, 4.69) is 16.9 Å². The second kappa shape index (κ2) is 10.1. The quantitative estimate of drug-likeness (QED) is 0.233. The first-order chi connectivity index (χ1) is 17.2. The largest absolute Gasteiger partial charge is 0.505 e. The van der Waals surface area contributed by atoms with Gasteiger partial charge in [-0.25, -0.2) is 14.8 Å². The van der Waals surface area contributed by atoms with Crippen molar-refractivity contribution in [2.75, 3.05) is 13.2 Å². The summed E-state index contributed by atoms with van der Waals surface area (Å²) in [5, 5.41) is 8.79. The maximum absolute atomic E-state index is 10.8. The van der Waals surface area contributed by atoms with Crippen LogP contribution in [0.5, 0.6) is 5.88 Å². The van der Waals surface area contributed by atoms with Crippen LogP contribution in [-0.4, -0.2) is 38.8 Å². The van der Waals surface area contributed by atoms with Crippen molar-refractivity contribution in [3.63, 3.8) is 0 Å². The highest BCUT2D eigenvalue weighted by Gasteiger charge is 2.20. The van der Waals surface area contributed by atoms with E-state index in [4.69, 9.17) is 24.2 Å². The first kappa shape index (κ1) is 22.2. The number of carbonyl (C=O) groups is 1. The van der Waals surface area contributed by atoms with Crippen molar-refractivity contribution in [3.8, 4) is 17.1 Å². The van der Waals surface area contributed by atoms with Gasteiger partial charge in [0.2, 0.25) is 5.88 Å². The van der Waals surface area contributed by atoms with Crippen LogP contribution in [0, 0.1) is 0 Å². The molecule has 0 fully saturated rings. The van der Waals surface area contributed by atoms with Gasteiger partial charge in [-0.3, -0.25) is 4.40 Å². The minimum absolute atomic E-state index is 0.0439. The van der Waals surface area contributed by atoms with Gasteiger partial charge >= 0.3 is 6.16 Å². The molecule has 0 spiro atoms. The van der Waals surface area contributed by atoms with Gasteiger partial charge in [0.15, 0.2) is 5.65 Å². The Morgan fingerprint density at radius 2 is 1.66 bits per heavy atom. The molecule has 5 aromatic rings. The van der Waals surface area contributed by atoms with E-state index in [1.165, 1.54) is 0 Å². The zero-order valence-electron chi connectivity index (χ0n) is 18.8. The summed E-state index contributed by atoms with van der Waals surface area (Å²) in [7, 11) is 0. The molecule has 0 saturated heterocycles. The van der Waals surface area contributed by atoms with Crippen LogP contribution in [0.2, 0.25) is 0 Å². The van der Waals surface area contributed by atoms with Crippen LogP contribution in [0.4, 0.5) is 4.79 Å². The molecule has 0 aliphatic rings. The Hall–Kier alpha value is -4.59. The maximum Gasteiger partial charge on any atom is 0.505 e. The van der Waals surface area contributed by atoms with Gasteiger partial charge < -0.3 is 19.0 Å². The van der Waals surface area contributed by atoms with Gasteiger partial charge in [-0.05, 0) is 17.7 Å². The van der Waals surface area contributed by atoms with Gasteiger partial charge in [0, 0.05) is 18.2 Å². The first-order valence-electron chi connectivity index (χ1n) is 11.2. The summed E-state index contributed by atoms with van der Waals surface area (Å²) < 4.78 is 18.1. The van der Waals surface area contributed by atoms with Crippen LogP contribution >= 0.6 is 0 Å². The second-order valence-corrected chi connectivity index (χ2v) is 7.88. The van der Waals surface area contributed by atoms with Crippen molar-refractivity contribution in [1.82, 2.24) is 14.4 Å². The van der Waals surface area contributed by atoms with E-state index in [0.29, 0.717) is 30.1 Å². The van der Waals surface area contributed by atoms with Gasteiger partial charge in [-0.2, -0.15) is 0 Å². The summed E-state index contributed by atoms with van der Waals surface area (Å²) in [6.07, 6.45) is 3.16. The topological polar surface area (TPSA) is 99.1 Å². The molecule has 3 heterocycles. The van der Waals surface area contributed by atoms with Crippen molar-refractivity contribution in [3.05, 3.63) is 108 Å². The highest BCUT2D eigenvalue weighted by Crippen LogP contribution is 2.29. The van der Waals surface area contributed by atoms with E-state index in [1.54, 1.807) is 6.26 Å². The number of rotatable bonds is 9. The van der Waals surface area contributed by atoms with Crippen molar-refractivity contribution < 1.29 is 23.8 Å². The number of furan rings is 1. The minimum atomic E-state index is -1.34. The van der Waals surface area contributed by atoms with E-state index < -0.39 is 6.16 Å². The lowest BCUT2D eigenvalue weighted by molar-refractivity contribution is 0.0771. The molecule has 1 N–H and O–H groups in total. The summed E-state index contributed by atoms with van der Waals surface area (Å²) in [6, 6.07) is 23.7. The van der Waals surface area contributed by atoms with E-state index >= 15 is 0 Å². The fraction of sp³-hybridized carbons (Fsp3) is 0.148. The van der Waals surface area contributed by atoms with Crippen LogP contribution in [-0.2, 0) is 17.6 Å². The van der Waals surface area contributed by atoms with Gasteiger partial charge in [0.1, 0.15) is 24.7 Å². The predicted octanol–water partition coefficient (Wildman–Crippen LogP) is 5.24. The van der Waals surface area contributed by atoms with E-state index in [0.717, 1.165) is 28.3 Å². The van der Waals surface area contributed by atoms with Crippen molar-refractivity contribution in [2.45, 2.75) is 12.8 Å². The highest BCUT2D eigenvalue weighted by atomic mass is 16.7. The molecule has 35 heavy (non-hydrogen) atoms. The average molecular weight is 469 g/mol. The van der Waals surface area contributed by atoms with Gasteiger partial charge in [-0.15, -0.1) is 0 Å². The molecular weight excluding hydrogens is 446 g/mol. The van der Waals surface area contributed by atoms with Crippen LogP contribution in [0.15, 0.2) is 89.7 Å². The summed E-state index contributed by atoms with van der Waals surface area (Å²) in [5.74, 6) is 1.24. The van der Waals surface area contributed by atoms with E-state index in [1.807, 2.05) is 71.3 Å². The monoisotopic (exact) mass is 469 g/mol. The number of nitrogens with zero attached hydrogens (tertiary/aromatic N) is 3. The third-order valence-electron chi connectivity index (χ3n) is 5.45. The third kappa shape index (κ3) is 5.16. The number of hydrogen-bond donors (Lipinski definition) is 1. The molecule has 8 heteroatoms. The van der Waals surface area contributed by atoms with E-state index in [9.17, 15) is 4.79 Å². The zero-order valence-corrected chi connectivity index (χ0v) is 18.8. The second-order valence-electron chi connectivity index (χ2n) is 7.88. The Kier molecular flexibility index (Phi) is 6.43. The normalized spacial score (nSPS) is 11.0. The van der Waals surface area contributed by atoms with Crippen molar-refractivity contribution in [2.24, 2.45) is 0 Å². The molecular formula is C27H23N3O5. The van der Waals surface area contributed by atoms with Crippen LogP contribution in [0.1, 0.15) is 22.7 Å². The predicted molar refractivity (Wildman–Crippen MR) is 129 cm³/mol. The molecule has 2 aromatic carbocycles. The lowest BCUT2D eigenvalue weighted by Gasteiger charge is -2.11. The first-order valence-corrected chi connectivity index (χ1v) is 11.2. The Morgan fingerprint density at radius 3 is 2.37 bits per heavy atom. The Balaban J connectivity index is 1.62. The summed E-state index contributed by atoms with van der Waals surface area (Å²) >= 11 is 0. The third-order valence-corrected chi connectivity index (χ3v) is 5.45. The number of imidazole rings is 1. The van der Waals surface area contributed by atoms with Crippen LogP contribution < -0.4 is 4.74 Å². The highest BCUT2D eigenvalue weighted by molar-refractivity contribution is 5.63. The molecule has 0 bridgehead atoms. The number of aromatic nitrogens is 3. The van der Waals surface area contributed by atoms with Crippen LogP contribution in [0.25, 0.3) is 16.9 Å². The Labute approximate surface area is 201 Å². The van der Waals surface area contributed by atoms with Gasteiger partial charge in [-0.1, -0.05) is 60.7 Å².